The highest BCUT2D eigenvalue weighted by atomic mass is 79.9. The summed E-state index contributed by atoms with van der Waals surface area (Å²) in [5.41, 5.74) is 3.33. The van der Waals surface area contributed by atoms with E-state index in [1.165, 1.54) is 6.07 Å². The lowest BCUT2D eigenvalue weighted by Crippen LogP contribution is -2.11. The number of fused-ring (bicyclic) bond motifs is 1. The molecule has 5 nitrogen and oxygen atoms in total. The molecule has 0 unspecified atom stereocenters. The molecule has 1 aromatic heterocycles. The van der Waals surface area contributed by atoms with Crippen LogP contribution in [0.1, 0.15) is 21.6 Å². The average Bonchev–Trinajstić information content (AvgIpc) is 2.77. The third-order valence-corrected chi connectivity index (χ3v) is 6.41. The molecule has 0 saturated carbocycles. The highest BCUT2D eigenvalue weighted by molar-refractivity contribution is 9.08. The first-order chi connectivity index (χ1) is 14.4. The third-order valence-electron chi connectivity index (χ3n) is 4.80. The molecule has 0 amide bonds. The lowest BCUT2D eigenvalue weighted by Gasteiger charge is -2.12. The molecule has 0 atom stereocenters. The van der Waals surface area contributed by atoms with E-state index in [0.29, 0.717) is 16.5 Å². The lowest BCUT2D eigenvalue weighted by atomic mass is 10.0. The minimum atomic E-state index is -4.63. The zero-order chi connectivity index (χ0) is 21.3. The Kier molecular flexibility index (Phi) is 5.67. The fourth-order valence-corrected chi connectivity index (χ4v) is 4.39. The maximum absolute atomic E-state index is 12.7. The topological polar surface area (TPSA) is 87.5 Å². The predicted molar refractivity (Wildman–Crippen MR) is 121 cm³/mol. The zero-order valence-electron chi connectivity index (χ0n) is 15.7. The van der Waals surface area contributed by atoms with Gasteiger partial charge in [0.05, 0.1) is 10.8 Å². The second-order valence-electron chi connectivity index (χ2n) is 6.83. The molecule has 30 heavy (non-hydrogen) atoms. The van der Waals surface area contributed by atoms with Crippen LogP contribution < -0.4 is 5.30 Å². The van der Waals surface area contributed by atoms with Crippen LogP contribution in [0.15, 0.2) is 78.9 Å². The standard InChI is InChI=1S/C23H17BrNO4P/c24-14-15-6-8-16(9-7-15)19-12-18-10-11-20(23(26)17-4-2-1-3-5-17)25-22(18)21(13-19)30(27,28)29/h1-13H,14H2,(H2,27,28,29). The molecule has 0 bridgehead atoms. The van der Waals surface area contributed by atoms with Crippen LogP contribution in [0, 0.1) is 0 Å². The Balaban J connectivity index is 1.87. The summed E-state index contributed by atoms with van der Waals surface area (Å²) in [6.07, 6.45) is 0. The minimum Gasteiger partial charge on any atom is -0.321 e. The van der Waals surface area contributed by atoms with E-state index >= 15 is 0 Å². The van der Waals surface area contributed by atoms with Gasteiger partial charge in [0.15, 0.2) is 0 Å². The molecule has 1 heterocycles. The summed E-state index contributed by atoms with van der Waals surface area (Å²) in [5.74, 6) is -0.302. The molecule has 150 valence electrons. The first-order valence-corrected chi connectivity index (χ1v) is 11.9. The van der Waals surface area contributed by atoms with Crippen LogP contribution in [0.4, 0.5) is 0 Å². The number of rotatable bonds is 5. The molecule has 3 aromatic carbocycles. The maximum atomic E-state index is 12.7. The second kappa shape index (κ2) is 8.25. The van der Waals surface area contributed by atoms with Crippen LogP contribution in [0.2, 0.25) is 0 Å². The zero-order valence-corrected chi connectivity index (χ0v) is 18.2. The average molecular weight is 482 g/mol. The third kappa shape index (κ3) is 4.13. The van der Waals surface area contributed by atoms with Gasteiger partial charge in [-0.3, -0.25) is 9.36 Å². The number of carbonyl (C=O) groups is 1. The van der Waals surface area contributed by atoms with Crippen molar-refractivity contribution in [1.29, 1.82) is 0 Å². The Labute approximate surface area is 181 Å². The number of hydrogen-bond donors (Lipinski definition) is 2. The summed E-state index contributed by atoms with van der Waals surface area (Å²) in [6.45, 7) is 0. The molecule has 4 aromatic rings. The van der Waals surface area contributed by atoms with Gasteiger partial charge in [-0.15, -0.1) is 0 Å². The van der Waals surface area contributed by atoms with Crippen molar-refractivity contribution >= 4 is 45.5 Å². The van der Waals surface area contributed by atoms with Gasteiger partial charge in [0.2, 0.25) is 5.78 Å². The number of nitrogens with zero attached hydrogens (tertiary/aromatic N) is 1. The normalized spacial score (nSPS) is 11.6. The molecule has 0 fully saturated rings. The molecular formula is C23H17BrNO4P. The van der Waals surface area contributed by atoms with Gasteiger partial charge in [0.25, 0.3) is 0 Å². The maximum Gasteiger partial charge on any atom is 0.358 e. The second-order valence-corrected chi connectivity index (χ2v) is 8.96. The van der Waals surface area contributed by atoms with E-state index in [9.17, 15) is 19.1 Å². The number of halogens is 1. The SMILES string of the molecule is O=C(c1ccccc1)c1ccc2cc(-c3ccc(CBr)cc3)cc(P(=O)(O)O)c2n1. The van der Waals surface area contributed by atoms with E-state index < -0.39 is 7.60 Å². The number of hydrogen-bond acceptors (Lipinski definition) is 3. The molecule has 0 aliphatic rings. The largest absolute Gasteiger partial charge is 0.358 e. The van der Waals surface area contributed by atoms with Crippen molar-refractivity contribution in [2.75, 3.05) is 0 Å². The lowest BCUT2D eigenvalue weighted by molar-refractivity contribution is 0.103. The first kappa shape index (κ1) is 20.6. The van der Waals surface area contributed by atoms with Crippen LogP contribution in [0.3, 0.4) is 0 Å². The van der Waals surface area contributed by atoms with Crippen molar-refractivity contribution in [2.45, 2.75) is 5.33 Å². The number of aromatic nitrogens is 1. The van der Waals surface area contributed by atoms with Crippen LogP contribution in [0.5, 0.6) is 0 Å². The number of benzene rings is 3. The summed E-state index contributed by atoms with van der Waals surface area (Å²) in [6, 6.07) is 22.9. The van der Waals surface area contributed by atoms with Gasteiger partial charge in [0, 0.05) is 16.3 Å². The molecule has 0 radical (unpaired) electrons. The van der Waals surface area contributed by atoms with Crippen molar-refractivity contribution < 1.29 is 19.1 Å². The summed E-state index contributed by atoms with van der Waals surface area (Å²) in [4.78, 5) is 37.0. The Morgan fingerprint density at radius 2 is 1.60 bits per heavy atom. The van der Waals surface area contributed by atoms with Crippen molar-refractivity contribution in [3.63, 3.8) is 0 Å². The van der Waals surface area contributed by atoms with Crippen LogP contribution in [-0.2, 0) is 9.90 Å². The van der Waals surface area contributed by atoms with Gasteiger partial charge >= 0.3 is 7.60 Å². The van der Waals surface area contributed by atoms with Crippen molar-refractivity contribution in [3.8, 4) is 11.1 Å². The monoisotopic (exact) mass is 481 g/mol. The van der Waals surface area contributed by atoms with Gasteiger partial charge in [0.1, 0.15) is 5.69 Å². The van der Waals surface area contributed by atoms with Gasteiger partial charge in [-0.2, -0.15) is 0 Å². The van der Waals surface area contributed by atoms with Crippen LogP contribution in [0.25, 0.3) is 22.0 Å². The van der Waals surface area contributed by atoms with E-state index in [-0.39, 0.29) is 22.3 Å². The van der Waals surface area contributed by atoms with Crippen LogP contribution >= 0.6 is 23.5 Å². The predicted octanol–water partition coefficient (Wildman–Crippen LogP) is 4.83. The Morgan fingerprint density at radius 3 is 2.23 bits per heavy atom. The minimum absolute atomic E-state index is 0.131. The smallest absolute Gasteiger partial charge is 0.321 e. The van der Waals surface area contributed by atoms with Gasteiger partial charge < -0.3 is 9.79 Å². The molecule has 0 spiro atoms. The van der Waals surface area contributed by atoms with Crippen molar-refractivity contribution in [3.05, 3.63) is 95.7 Å². The number of alkyl halides is 1. The molecule has 0 aliphatic carbocycles. The molecular weight excluding hydrogens is 465 g/mol. The van der Waals surface area contributed by atoms with E-state index in [1.807, 2.05) is 36.4 Å². The molecule has 2 N–H and O–H groups in total. The number of pyridine rings is 1. The first-order valence-electron chi connectivity index (χ1n) is 9.13. The molecule has 7 heteroatoms. The summed E-state index contributed by atoms with van der Waals surface area (Å²) in [5, 5.41) is 1.09. The Morgan fingerprint density at radius 1 is 0.900 bits per heavy atom. The van der Waals surface area contributed by atoms with E-state index in [0.717, 1.165) is 16.5 Å². The summed E-state index contributed by atoms with van der Waals surface area (Å²) in [7, 11) is -4.63. The molecule has 0 aliphatic heterocycles. The van der Waals surface area contributed by atoms with E-state index in [2.05, 4.69) is 20.9 Å². The highest BCUT2D eigenvalue weighted by Crippen LogP contribution is 2.38. The van der Waals surface area contributed by atoms with E-state index in [4.69, 9.17) is 0 Å². The summed E-state index contributed by atoms with van der Waals surface area (Å²) >= 11 is 3.40. The molecule has 4 rings (SSSR count). The van der Waals surface area contributed by atoms with Crippen LogP contribution in [-0.4, -0.2) is 20.6 Å². The van der Waals surface area contributed by atoms with Gasteiger partial charge in [-0.25, -0.2) is 4.98 Å². The Hall–Kier alpha value is -2.63. The van der Waals surface area contributed by atoms with E-state index in [1.54, 1.807) is 36.4 Å². The number of ketones is 1. The fraction of sp³-hybridized carbons (Fsp3) is 0.0435. The Bertz CT molecular complexity index is 1280. The van der Waals surface area contributed by atoms with Gasteiger partial charge in [-0.1, -0.05) is 76.6 Å². The van der Waals surface area contributed by atoms with Crippen molar-refractivity contribution in [2.24, 2.45) is 0 Å². The fourth-order valence-electron chi connectivity index (χ4n) is 3.26. The number of carbonyl (C=O) groups excluding carboxylic acids is 1. The molecule has 0 saturated heterocycles. The quantitative estimate of drug-likeness (QED) is 0.242. The van der Waals surface area contributed by atoms with Crippen molar-refractivity contribution in [1.82, 2.24) is 4.98 Å². The highest BCUT2D eigenvalue weighted by Gasteiger charge is 2.24. The summed E-state index contributed by atoms with van der Waals surface area (Å²) < 4.78 is 12.2. The van der Waals surface area contributed by atoms with Gasteiger partial charge in [-0.05, 0) is 34.9 Å².